The molecule has 0 bridgehead atoms. The molecule has 1 aliphatic carbocycles. The molecule has 1 aromatic carbocycles. The number of hydrogen-bond donors (Lipinski definition) is 1. The molecule has 4 heteroatoms. The maximum absolute atomic E-state index is 13.2. The predicted octanol–water partition coefficient (Wildman–Crippen LogP) is 4.57. The molecule has 0 fully saturated rings. The first kappa shape index (κ1) is 14.7. The van der Waals surface area contributed by atoms with Crippen LogP contribution in [0.25, 0.3) is 0 Å². The Morgan fingerprint density at radius 2 is 1.71 bits per heavy atom. The number of fused-ring (bicyclic) bond motifs is 1. The highest BCUT2D eigenvalue weighted by atomic mass is 32.1. The van der Waals surface area contributed by atoms with Crippen LogP contribution < -0.4 is 0 Å². The van der Waals surface area contributed by atoms with Crippen molar-refractivity contribution in [3.63, 3.8) is 0 Å². The van der Waals surface area contributed by atoms with Crippen molar-refractivity contribution < 1.29 is 13.9 Å². The third-order valence-electron chi connectivity index (χ3n) is 3.95. The topological polar surface area (TPSA) is 20.2 Å². The average Bonchev–Trinajstić information content (AvgIpc) is 2.69. The van der Waals surface area contributed by atoms with Gasteiger partial charge in [-0.05, 0) is 55.0 Å². The SMILES string of the molecule is OC(Cc1cc(F)cc(F)c1)c1cc2c(s1)CCCCC2. The minimum atomic E-state index is -0.692. The number of hydrogen-bond acceptors (Lipinski definition) is 2. The van der Waals surface area contributed by atoms with Gasteiger partial charge in [0.15, 0.2) is 0 Å². The van der Waals surface area contributed by atoms with Gasteiger partial charge in [0.25, 0.3) is 0 Å². The normalized spacial score (nSPS) is 16.3. The van der Waals surface area contributed by atoms with Crippen LogP contribution in [0.4, 0.5) is 8.78 Å². The van der Waals surface area contributed by atoms with Crippen LogP contribution in [0.15, 0.2) is 24.3 Å². The number of aryl methyl sites for hydroxylation is 2. The highest BCUT2D eigenvalue weighted by molar-refractivity contribution is 7.12. The molecule has 1 unspecified atom stereocenters. The molecule has 1 N–H and O–H groups in total. The fourth-order valence-corrected chi connectivity index (χ4v) is 4.15. The largest absolute Gasteiger partial charge is 0.387 e. The third-order valence-corrected chi connectivity index (χ3v) is 5.28. The molecule has 0 amide bonds. The summed E-state index contributed by atoms with van der Waals surface area (Å²) in [6.45, 7) is 0. The number of rotatable bonds is 3. The minimum absolute atomic E-state index is 0.244. The van der Waals surface area contributed by atoms with E-state index in [-0.39, 0.29) is 6.42 Å². The Bertz CT molecular complexity index is 592. The number of thiophene rings is 1. The highest BCUT2D eigenvalue weighted by Crippen LogP contribution is 2.33. The summed E-state index contributed by atoms with van der Waals surface area (Å²) in [6.07, 6.45) is 5.39. The predicted molar refractivity (Wildman–Crippen MR) is 80.6 cm³/mol. The van der Waals surface area contributed by atoms with Crippen molar-refractivity contribution in [2.24, 2.45) is 0 Å². The summed E-state index contributed by atoms with van der Waals surface area (Å²) in [4.78, 5) is 2.28. The van der Waals surface area contributed by atoms with E-state index >= 15 is 0 Å². The number of benzene rings is 1. The number of aliphatic hydroxyl groups excluding tert-OH is 1. The van der Waals surface area contributed by atoms with Crippen molar-refractivity contribution in [2.75, 3.05) is 0 Å². The minimum Gasteiger partial charge on any atom is -0.387 e. The Morgan fingerprint density at radius 1 is 1.00 bits per heavy atom. The van der Waals surface area contributed by atoms with E-state index in [4.69, 9.17) is 0 Å². The second-order valence-electron chi connectivity index (χ2n) is 5.66. The molecule has 2 aromatic rings. The Hall–Kier alpha value is -1.26. The molecule has 112 valence electrons. The second kappa shape index (κ2) is 6.24. The van der Waals surface area contributed by atoms with Gasteiger partial charge in [0, 0.05) is 22.2 Å². The van der Waals surface area contributed by atoms with Gasteiger partial charge in [0.2, 0.25) is 0 Å². The molecule has 1 atom stereocenters. The first-order valence-corrected chi connectivity index (χ1v) is 8.18. The first-order chi connectivity index (χ1) is 10.1. The molecule has 1 heterocycles. The Labute approximate surface area is 127 Å². The van der Waals surface area contributed by atoms with Crippen molar-refractivity contribution in [2.45, 2.75) is 44.6 Å². The van der Waals surface area contributed by atoms with Crippen molar-refractivity contribution in [3.8, 4) is 0 Å². The molecule has 0 radical (unpaired) electrons. The van der Waals surface area contributed by atoms with Gasteiger partial charge in [-0.15, -0.1) is 11.3 Å². The van der Waals surface area contributed by atoms with E-state index in [1.54, 1.807) is 11.3 Å². The van der Waals surface area contributed by atoms with E-state index in [0.29, 0.717) is 5.56 Å². The van der Waals surface area contributed by atoms with Gasteiger partial charge in [-0.1, -0.05) is 6.42 Å². The van der Waals surface area contributed by atoms with Crippen LogP contribution in [0.3, 0.4) is 0 Å². The zero-order chi connectivity index (χ0) is 14.8. The molecular weight excluding hydrogens is 290 g/mol. The fraction of sp³-hybridized carbons (Fsp3) is 0.412. The van der Waals surface area contributed by atoms with Crippen LogP contribution >= 0.6 is 11.3 Å². The van der Waals surface area contributed by atoms with E-state index in [9.17, 15) is 13.9 Å². The van der Waals surface area contributed by atoms with Crippen LogP contribution in [0.2, 0.25) is 0 Å². The molecule has 21 heavy (non-hydrogen) atoms. The standard InChI is InChI=1S/C17H18F2OS/c18-13-6-11(7-14(19)10-13)8-15(20)17-9-12-4-2-1-3-5-16(12)21-17/h6-7,9-10,15,20H,1-5,8H2. The summed E-state index contributed by atoms with van der Waals surface area (Å²) in [5.74, 6) is -1.20. The van der Waals surface area contributed by atoms with Gasteiger partial charge < -0.3 is 5.11 Å². The lowest BCUT2D eigenvalue weighted by atomic mass is 10.0. The molecule has 3 rings (SSSR count). The molecule has 0 saturated carbocycles. The quantitative estimate of drug-likeness (QED) is 0.823. The summed E-state index contributed by atoms with van der Waals surface area (Å²) in [6, 6.07) is 5.49. The fourth-order valence-electron chi connectivity index (χ4n) is 2.91. The van der Waals surface area contributed by atoms with E-state index in [1.165, 1.54) is 41.8 Å². The smallest absolute Gasteiger partial charge is 0.126 e. The van der Waals surface area contributed by atoms with Gasteiger partial charge >= 0.3 is 0 Å². The Balaban J connectivity index is 1.77. The Morgan fingerprint density at radius 3 is 2.48 bits per heavy atom. The monoisotopic (exact) mass is 308 g/mol. The highest BCUT2D eigenvalue weighted by Gasteiger charge is 2.17. The van der Waals surface area contributed by atoms with E-state index in [0.717, 1.165) is 23.8 Å². The van der Waals surface area contributed by atoms with Crippen molar-refractivity contribution in [1.29, 1.82) is 0 Å². The number of halogens is 2. The van der Waals surface area contributed by atoms with Crippen LogP contribution in [0.1, 0.15) is 46.2 Å². The second-order valence-corrected chi connectivity index (χ2v) is 6.82. The molecule has 0 aliphatic heterocycles. The van der Waals surface area contributed by atoms with E-state index in [2.05, 4.69) is 6.07 Å². The summed E-state index contributed by atoms with van der Waals surface area (Å²) in [7, 11) is 0. The van der Waals surface area contributed by atoms with Crippen LogP contribution in [0.5, 0.6) is 0 Å². The maximum atomic E-state index is 13.2. The summed E-state index contributed by atoms with van der Waals surface area (Å²) in [5, 5.41) is 10.3. The zero-order valence-electron chi connectivity index (χ0n) is 11.7. The van der Waals surface area contributed by atoms with Gasteiger partial charge in [0.1, 0.15) is 11.6 Å². The lowest BCUT2D eigenvalue weighted by Crippen LogP contribution is -2.00. The third kappa shape index (κ3) is 3.50. The van der Waals surface area contributed by atoms with E-state index in [1.807, 2.05) is 0 Å². The molecule has 1 aliphatic rings. The molecule has 0 spiro atoms. The van der Waals surface area contributed by atoms with Gasteiger partial charge in [-0.25, -0.2) is 8.78 Å². The molecule has 1 nitrogen and oxygen atoms in total. The summed E-state index contributed by atoms with van der Waals surface area (Å²) in [5.41, 5.74) is 1.83. The maximum Gasteiger partial charge on any atom is 0.126 e. The zero-order valence-corrected chi connectivity index (χ0v) is 12.6. The first-order valence-electron chi connectivity index (χ1n) is 7.36. The van der Waals surface area contributed by atoms with Crippen LogP contribution in [-0.4, -0.2) is 5.11 Å². The van der Waals surface area contributed by atoms with E-state index < -0.39 is 17.7 Å². The van der Waals surface area contributed by atoms with Gasteiger partial charge in [0.05, 0.1) is 6.10 Å². The molecular formula is C17H18F2OS. The lowest BCUT2D eigenvalue weighted by molar-refractivity contribution is 0.182. The van der Waals surface area contributed by atoms with Crippen molar-refractivity contribution >= 4 is 11.3 Å². The Kier molecular flexibility index (Phi) is 4.36. The van der Waals surface area contributed by atoms with Crippen LogP contribution in [-0.2, 0) is 19.3 Å². The average molecular weight is 308 g/mol. The molecule has 0 saturated heterocycles. The van der Waals surface area contributed by atoms with Crippen molar-refractivity contribution in [1.82, 2.24) is 0 Å². The number of aliphatic hydroxyl groups is 1. The van der Waals surface area contributed by atoms with Crippen molar-refractivity contribution in [3.05, 3.63) is 56.8 Å². The van der Waals surface area contributed by atoms with Gasteiger partial charge in [-0.3, -0.25) is 0 Å². The molecule has 1 aromatic heterocycles. The summed E-state index contributed by atoms with van der Waals surface area (Å²) >= 11 is 1.65. The van der Waals surface area contributed by atoms with Gasteiger partial charge in [-0.2, -0.15) is 0 Å². The lowest BCUT2D eigenvalue weighted by Gasteiger charge is -2.09. The summed E-state index contributed by atoms with van der Waals surface area (Å²) < 4.78 is 26.4. The van der Waals surface area contributed by atoms with Crippen LogP contribution in [0, 0.1) is 11.6 Å².